The summed E-state index contributed by atoms with van der Waals surface area (Å²) >= 11 is 0. The highest BCUT2D eigenvalue weighted by Gasteiger charge is 2.01. The monoisotopic (exact) mass is 264 g/mol. The molecule has 0 amide bonds. The molecule has 108 valence electrons. The van der Waals surface area contributed by atoms with Gasteiger partial charge < -0.3 is 10.2 Å². The maximum Gasteiger partial charge on any atom is 0.0547 e. The standard InChI is InChI=1S/C15H28N4/c1-14-7-5-8-15(17-14)13-19(4)12-10-16-9-6-11-18(2)3/h5,7-8,16H,6,9-13H2,1-4H3. The molecule has 4 heteroatoms. The van der Waals surface area contributed by atoms with Gasteiger partial charge in [-0.1, -0.05) is 6.07 Å². The second-order valence-electron chi connectivity index (χ2n) is 5.41. The fraction of sp³-hybridized carbons (Fsp3) is 0.667. The number of pyridine rings is 1. The van der Waals surface area contributed by atoms with Crippen molar-refractivity contribution in [3.63, 3.8) is 0 Å². The summed E-state index contributed by atoms with van der Waals surface area (Å²) in [5, 5.41) is 3.48. The molecule has 0 atom stereocenters. The molecule has 0 fully saturated rings. The van der Waals surface area contributed by atoms with Gasteiger partial charge in [-0.3, -0.25) is 9.88 Å². The van der Waals surface area contributed by atoms with Crippen LogP contribution in [0.2, 0.25) is 0 Å². The van der Waals surface area contributed by atoms with Crippen molar-refractivity contribution in [2.24, 2.45) is 0 Å². The summed E-state index contributed by atoms with van der Waals surface area (Å²) in [6.07, 6.45) is 1.20. The topological polar surface area (TPSA) is 31.4 Å². The van der Waals surface area contributed by atoms with Gasteiger partial charge in [-0.15, -0.1) is 0 Å². The Kier molecular flexibility index (Phi) is 7.63. The van der Waals surface area contributed by atoms with E-state index in [-0.39, 0.29) is 0 Å². The van der Waals surface area contributed by atoms with E-state index in [4.69, 9.17) is 0 Å². The highest BCUT2D eigenvalue weighted by Crippen LogP contribution is 2.01. The van der Waals surface area contributed by atoms with E-state index in [2.05, 4.69) is 53.4 Å². The number of hydrogen-bond donors (Lipinski definition) is 1. The van der Waals surface area contributed by atoms with Crippen molar-refractivity contribution in [2.75, 3.05) is 47.3 Å². The second kappa shape index (κ2) is 9.02. The summed E-state index contributed by atoms with van der Waals surface area (Å²) in [6.45, 7) is 7.29. The van der Waals surface area contributed by atoms with Crippen LogP contribution in [-0.4, -0.2) is 62.1 Å². The molecule has 0 aromatic carbocycles. The van der Waals surface area contributed by atoms with E-state index in [1.807, 2.05) is 13.0 Å². The Morgan fingerprint density at radius 3 is 2.58 bits per heavy atom. The zero-order valence-electron chi connectivity index (χ0n) is 12.8. The molecule has 0 aliphatic heterocycles. The van der Waals surface area contributed by atoms with Crippen molar-refractivity contribution in [3.8, 4) is 0 Å². The van der Waals surface area contributed by atoms with Gasteiger partial charge in [-0.25, -0.2) is 0 Å². The lowest BCUT2D eigenvalue weighted by atomic mass is 10.3. The minimum atomic E-state index is 0.918. The first-order valence-corrected chi connectivity index (χ1v) is 7.04. The predicted molar refractivity (Wildman–Crippen MR) is 81.3 cm³/mol. The van der Waals surface area contributed by atoms with Crippen LogP contribution in [0.25, 0.3) is 0 Å². The van der Waals surface area contributed by atoms with Crippen LogP contribution in [0.4, 0.5) is 0 Å². The van der Waals surface area contributed by atoms with E-state index < -0.39 is 0 Å². The van der Waals surface area contributed by atoms with Crippen LogP contribution in [0, 0.1) is 6.92 Å². The van der Waals surface area contributed by atoms with E-state index in [1.54, 1.807) is 0 Å². The van der Waals surface area contributed by atoms with Gasteiger partial charge in [0.2, 0.25) is 0 Å². The van der Waals surface area contributed by atoms with Crippen LogP contribution in [0.5, 0.6) is 0 Å². The summed E-state index contributed by atoms with van der Waals surface area (Å²) in [7, 11) is 6.37. The van der Waals surface area contributed by atoms with Crippen molar-refractivity contribution >= 4 is 0 Å². The molecule has 0 spiro atoms. The summed E-state index contributed by atoms with van der Waals surface area (Å²) < 4.78 is 0. The molecule has 0 unspecified atom stereocenters. The average Bonchev–Trinajstić information content (AvgIpc) is 2.33. The smallest absolute Gasteiger partial charge is 0.0547 e. The summed E-state index contributed by atoms with van der Waals surface area (Å²) in [5.41, 5.74) is 2.24. The Hall–Kier alpha value is -0.970. The highest BCUT2D eigenvalue weighted by atomic mass is 15.1. The first-order valence-electron chi connectivity index (χ1n) is 7.04. The van der Waals surface area contributed by atoms with Crippen molar-refractivity contribution in [3.05, 3.63) is 29.6 Å². The van der Waals surface area contributed by atoms with Crippen LogP contribution >= 0.6 is 0 Å². The van der Waals surface area contributed by atoms with Gasteiger partial charge in [0.1, 0.15) is 0 Å². The van der Waals surface area contributed by atoms with E-state index >= 15 is 0 Å². The van der Waals surface area contributed by atoms with Crippen molar-refractivity contribution in [1.29, 1.82) is 0 Å². The summed E-state index contributed by atoms with van der Waals surface area (Å²) in [6, 6.07) is 6.20. The van der Waals surface area contributed by atoms with Gasteiger partial charge in [-0.2, -0.15) is 0 Å². The minimum Gasteiger partial charge on any atom is -0.315 e. The zero-order valence-corrected chi connectivity index (χ0v) is 12.8. The molecule has 1 N–H and O–H groups in total. The number of nitrogens with zero attached hydrogens (tertiary/aromatic N) is 3. The highest BCUT2D eigenvalue weighted by molar-refractivity contribution is 5.09. The van der Waals surface area contributed by atoms with Gasteiger partial charge in [0.05, 0.1) is 5.69 Å². The molecular formula is C15H28N4. The maximum absolute atomic E-state index is 4.52. The molecular weight excluding hydrogens is 236 g/mol. The van der Waals surface area contributed by atoms with Crippen molar-refractivity contribution in [2.45, 2.75) is 19.9 Å². The average molecular weight is 264 g/mol. The first kappa shape index (κ1) is 16.1. The zero-order chi connectivity index (χ0) is 14.1. The predicted octanol–water partition coefficient (Wildman–Crippen LogP) is 1.36. The largest absolute Gasteiger partial charge is 0.315 e. The van der Waals surface area contributed by atoms with Crippen molar-refractivity contribution in [1.82, 2.24) is 20.1 Å². The lowest BCUT2D eigenvalue weighted by Crippen LogP contribution is -2.30. The maximum atomic E-state index is 4.52. The van der Waals surface area contributed by atoms with E-state index in [1.165, 1.54) is 6.42 Å². The third-order valence-electron chi connectivity index (χ3n) is 3.01. The number of aryl methyl sites for hydroxylation is 1. The first-order chi connectivity index (χ1) is 9.08. The van der Waals surface area contributed by atoms with Crippen LogP contribution < -0.4 is 5.32 Å². The van der Waals surface area contributed by atoms with Gasteiger partial charge >= 0.3 is 0 Å². The molecule has 4 nitrogen and oxygen atoms in total. The molecule has 1 aromatic rings. The summed E-state index contributed by atoms with van der Waals surface area (Å²) in [4.78, 5) is 9.05. The van der Waals surface area contributed by atoms with Gasteiger partial charge in [-0.05, 0) is 59.7 Å². The third-order valence-corrected chi connectivity index (χ3v) is 3.01. The van der Waals surface area contributed by atoms with Crippen LogP contribution in [0.15, 0.2) is 18.2 Å². The van der Waals surface area contributed by atoms with Crippen LogP contribution in [0.1, 0.15) is 17.8 Å². The lowest BCUT2D eigenvalue weighted by molar-refractivity contribution is 0.318. The van der Waals surface area contributed by atoms with E-state index in [9.17, 15) is 0 Å². The van der Waals surface area contributed by atoms with Gasteiger partial charge in [0, 0.05) is 25.3 Å². The Balaban J connectivity index is 2.09. The Morgan fingerprint density at radius 2 is 1.89 bits per heavy atom. The molecule has 1 heterocycles. The normalized spacial score (nSPS) is 11.5. The number of nitrogens with one attached hydrogen (secondary N) is 1. The fourth-order valence-electron chi connectivity index (χ4n) is 1.96. The van der Waals surface area contributed by atoms with Crippen molar-refractivity contribution < 1.29 is 0 Å². The molecule has 0 radical (unpaired) electrons. The molecule has 1 aromatic heterocycles. The SMILES string of the molecule is Cc1cccc(CN(C)CCNCCCN(C)C)n1. The Bertz CT molecular complexity index is 352. The Morgan fingerprint density at radius 1 is 1.11 bits per heavy atom. The second-order valence-corrected chi connectivity index (χ2v) is 5.41. The molecule has 0 bridgehead atoms. The molecule has 0 aliphatic carbocycles. The van der Waals surface area contributed by atoms with Crippen LogP contribution in [0.3, 0.4) is 0 Å². The quantitative estimate of drug-likeness (QED) is 0.683. The molecule has 1 rings (SSSR count). The number of hydrogen-bond acceptors (Lipinski definition) is 4. The van der Waals surface area contributed by atoms with Gasteiger partial charge in [0.25, 0.3) is 0 Å². The summed E-state index contributed by atoms with van der Waals surface area (Å²) in [5.74, 6) is 0. The van der Waals surface area contributed by atoms with Crippen LogP contribution in [-0.2, 0) is 6.54 Å². The number of likely N-dealkylation sites (N-methyl/N-ethyl adjacent to an activating group) is 1. The van der Waals surface area contributed by atoms with Gasteiger partial charge in [0.15, 0.2) is 0 Å². The molecule has 0 saturated carbocycles. The van der Waals surface area contributed by atoms with E-state index in [0.29, 0.717) is 0 Å². The Labute approximate surface area is 117 Å². The fourth-order valence-corrected chi connectivity index (χ4v) is 1.96. The van der Waals surface area contributed by atoms with E-state index in [0.717, 1.165) is 44.1 Å². The molecule has 0 saturated heterocycles. The molecule has 19 heavy (non-hydrogen) atoms. The number of aromatic nitrogens is 1. The lowest BCUT2D eigenvalue weighted by Gasteiger charge is -2.17. The number of rotatable bonds is 9. The third kappa shape index (κ3) is 7.93. The molecule has 0 aliphatic rings. The minimum absolute atomic E-state index is 0.918.